The minimum Gasteiger partial charge on any atom is -0.478 e. The zero-order chi connectivity index (χ0) is 17.4. The number of ether oxygens (including phenoxy) is 1. The summed E-state index contributed by atoms with van der Waals surface area (Å²) < 4.78 is 21.3. The third-order valence-corrected chi connectivity index (χ3v) is 3.74. The van der Waals surface area contributed by atoms with Crippen molar-refractivity contribution in [1.29, 1.82) is 5.41 Å². The molecule has 1 aromatic rings. The summed E-state index contributed by atoms with van der Waals surface area (Å²) in [6, 6.07) is 1.17. The Morgan fingerprint density at radius 2 is 2.04 bits per heavy atom. The van der Waals surface area contributed by atoms with E-state index >= 15 is 0 Å². The Morgan fingerprint density at radius 3 is 2.61 bits per heavy atom. The van der Waals surface area contributed by atoms with Crippen LogP contribution in [0.15, 0.2) is 18.5 Å². The average Bonchev–Trinajstić information content (AvgIpc) is 2.73. The predicted octanol–water partition coefficient (Wildman–Crippen LogP) is -1.61. The van der Waals surface area contributed by atoms with E-state index in [9.17, 15) is 19.6 Å². The summed E-state index contributed by atoms with van der Waals surface area (Å²) in [6.07, 6.45) is -3.07. The number of phosphoric acid groups is 1. The van der Waals surface area contributed by atoms with Gasteiger partial charge in [-0.1, -0.05) is 0 Å². The Hall–Kier alpha value is -1.59. The van der Waals surface area contributed by atoms with E-state index in [1.807, 2.05) is 0 Å². The second kappa shape index (κ2) is 6.49. The van der Waals surface area contributed by atoms with Gasteiger partial charge in [-0.3, -0.25) is 9.93 Å². The number of aliphatic hydroxyl groups excluding tert-OH is 2. The molecule has 2 heterocycles. The van der Waals surface area contributed by atoms with Gasteiger partial charge in [-0.15, -0.1) is 0 Å². The molecule has 0 radical (unpaired) electrons. The maximum Gasteiger partial charge on any atom is 0.469 e. The summed E-state index contributed by atoms with van der Waals surface area (Å²) in [6.45, 7) is -0.665. The van der Waals surface area contributed by atoms with Crippen molar-refractivity contribution in [2.45, 2.75) is 24.5 Å². The number of nitrogens with zero attached hydrogens (tertiary/aromatic N) is 1. The Morgan fingerprint density at radius 1 is 1.39 bits per heavy atom. The number of hydrogen-bond donors (Lipinski definition) is 6. The number of carbonyl (C=O) groups is 1. The van der Waals surface area contributed by atoms with Gasteiger partial charge in [-0.25, -0.2) is 9.36 Å². The number of phosphoric ester groups is 1. The highest BCUT2D eigenvalue weighted by molar-refractivity contribution is 7.46. The first-order valence-electron chi connectivity index (χ1n) is 6.31. The molecule has 0 bridgehead atoms. The first-order chi connectivity index (χ1) is 10.6. The monoisotopic (exact) mass is 350 g/mol. The summed E-state index contributed by atoms with van der Waals surface area (Å²) in [5, 5.41) is 36.0. The number of pyridine rings is 1. The molecule has 1 saturated heterocycles. The Bertz CT molecular complexity index is 699. The number of aromatic carboxylic acids is 1. The van der Waals surface area contributed by atoms with Crippen molar-refractivity contribution in [3.63, 3.8) is 0 Å². The van der Waals surface area contributed by atoms with Crippen LogP contribution in [0.1, 0.15) is 16.6 Å². The molecule has 2 rings (SSSR count). The van der Waals surface area contributed by atoms with E-state index < -0.39 is 44.9 Å². The van der Waals surface area contributed by atoms with Gasteiger partial charge in [0, 0.05) is 12.4 Å². The van der Waals surface area contributed by atoms with Crippen LogP contribution < -0.4 is 5.36 Å². The van der Waals surface area contributed by atoms with E-state index in [4.69, 9.17) is 25.0 Å². The van der Waals surface area contributed by atoms with E-state index in [0.29, 0.717) is 0 Å². The molecule has 1 aliphatic rings. The molecule has 0 aliphatic carbocycles. The van der Waals surface area contributed by atoms with Gasteiger partial charge in [0.25, 0.3) is 0 Å². The summed E-state index contributed by atoms with van der Waals surface area (Å²) in [5.41, 5.74) is -0.340. The molecule has 23 heavy (non-hydrogen) atoms. The lowest BCUT2D eigenvalue weighted by atomic mass is 10.1. The molecule has 0 saturated carbocycles. The fourth-order valence-electron chi connectivity index (χ4n) is 2.12. The quantitative estimate of drug-likeness (QED) is 0.340. The van der Waals surface area contributed by atoms with E-state index in [1.165, 1.54) is 12.3 Å². The van der Waals surface area contributed by atoms with E-state index in [0.717, 1.165) is 10.8 Å². The van der Waals surface area contributed by atoms with Crippen molar-refractivity contribution < 1.29 is 43.7 Å². The van der Waals surface area contributed by atoms with Crippen molar-refractivity contribution in [3.8, 4) is 0 Å². The lowest BCUT2D eigenvalue weighted by Crippen LogP contribution is -2.33. The van der Waals surface area contributed by atoms with Crippen LogP contribution in [0.25, 0.3) is 0 Å². The largest absolute Gasteiger partial charge is 0.478 e. The average molecular weight is 350 g/mol. The molecule has 6 N–H and O–H groups in total. The highest BCUT2D eigenvalue weighted by atomic mass is 31.2. The molecule has 12 heteroatoms. The van der Waals surface area contributed by atoms with E-state index in [1.54, 1.807) is 0 Å². The first kappa shape index (κ1) is 17.8. The number of nitrogens with one attached hydrogen (secondary N) is 1. The SMILES string of the molecule is N=c1ccn([C@@H]2O[C@H](COP(=O)(O)O)[C@@H](O)[C@H]2O)cc1C(=O)O. The summed E-state index contributed by atoms with van der Waals surface area (Å²) in [7, 11) is -4.77. The topological polar surface area (TPSA) is 183 Å². The highest BCUT2D eigenvalue weighted by Crippen LogP contribution is 2.38. The lowest BCUT2D eigenvalue weighted by Gasteiger charge is -2.19. The molecule has 0 unspecified atom stereocenters. The van der Waals surface area contributed by atoms with Gasteiger partial charge in [0.05, 0.1) is 12.0 Å². The molecule has 1 aliphatic heterocycles. The molecule has 0 amide bonds. The minimum atomic E-state index is -4.77. The molecule has 11 nitrogen and oxygen atoms in total. The van der Waals surface area contributed by atoms with Crippen LogP contribution in [0.5, 0.6) is 0 Å². The number of aromatic nitrogens is 1. The molecule has 0 aromatic carbocycles. The maximum absolute atomic E-state index is 11.0. The minimum absolute atomic E-state index is 0.247. The fourth-order valence-corrected chi connectivity index (χ4v) is 2.47. The fraction of sp³-hybridized carbons (Fsp3) is 0.455. The number of hydrogen-bond acceptors (Lipinski definition) is 7. The van der Waals surface area contributed by atoms with Gasteiger partial charge in [-0.2, -0.15) is 0 Å². The molecule has 4 atom stereocenters. The predicted molar refractivity (Wildman–Crippen MR) is 71.2 cm³/mol. The maximum atomic E-state index is 11.0. The summed E-state index contributed by atoms with van der Waals surface area (Å²) in [5.74, 6) is -1.35. The van der Waals surface area contributed by atoms with E-state index in [2.05, 4.69) is 4.52 Å². The van der Waals surface area contributed by atoms with E-state index in [-0.39, 0.29) is 10.9 Å². The standard InChI is InChI=1S/C11H15N2O9P/c12-6-1-2-13(3-5(6)11(16)17)10-9(15)8(14)7(22-10)4-21-23(18,19)20/h1-3,7-10,12,14-15H,4H2,(H,16,17)(H2,18,19,20)/t7-,8-,9-,10-/m1/s1. The molecule has 0 spiro atoms. The molecular weight excluding hydrogens is 335 g/mol. The van der Waals surface area contributed by atoms with Crippen molar-refractivity contribution in [1.82, 2.24) is 4.57 Å². The van der Waals surface area contributed by atoms with Crippen molar-refractivity contribution in [2.24, 2.45) is 0 Å². The Kier molecular flexibility index (Phi) is 5.01. The molecule has 1 aromatic heterocycles. The molecule has 1 fully saturated rings. The lowest BCUT2D eigenvalue weighted by molar-refractivity contribution is -0.0523. The van der Waals surface area contributed by atoms with Gasteiger partial charge in [0.1, 0.15) is 23.9 Å². The van der Waals surface area contributed by atoms with Crippen molar-refractivity contribution in [3.05, 3.63) is 29.4 Å². The molecular formula is C11H15N2O9P. The summed E-state index contributed by atoms with van der Waals surface area (Å²) >= 11 is 0. The number of rotatable bonds is 5. The third kappa shape index (κ3) is 4.03. The van der Waals surface area contributed by atoms with Gasteiger partial charge in [0.15, 0.2) is 6.23 Å². The van der Waals surface area contributed by atoms with Crippen LogP contribution in [0, 0.1) is 5.41 Å². The zero-order valence-corrected chi connectivity index (χ0v) is 12.4. The van der Waals surface area contributed by atoms with Crippen LogP contribution in [-0.2, 0) is 13.8 Å². The second-order valence-corrected chi connectivity index (χ2v) is 6.10. The zero-order valence-electron chi connectivity index (χ0n) is 11.5. The molecule has 128 valence electrons. The first-order valence-corrected chi connectivity index (χ1v) is 7.84. The third-order valence-electron chi connectivity index (χ3n) is 3.25. The van der Waals surface area contributed by atoms with Crippen LogP contribution >= 0.6 is 7.82 Å². The van der Waals surface area contributed by atoms with Crippen LogP contribution in [-0.4, -0.2) is 60.6 Å². The van der Waals surface area contributed by atoms with Crippen LogP contribution in [0.3, 0.4) is 0 Å². The van der Waals surface area contributed by atoms with Crippen molar-refractivity contribution in [2.75, 3.05) is 6.61 Å². The smallest absolute Gasteiger partial charge is 0.469 e. The van der Waals surface area contributed by atoms with Gasteiger partial charge in [-0.05, 0) is 6.07 Å². The van der Waals surface area contributed by atoms with Gasteiger partial charge < -0.3 is 34.4 Å². The Labute approximate surface area is 129 Å². The van der Waals surface area contributed by atoms with Gasteiger partial charge in [0.2, 0.25) is 0 Å². The second-order valence-electron chi connectivity index (χ2n) is 4.86. The van der Waals surface area contributed by atoms with Crippen molar-refractivity contribution >= 4 is 13.8 Å². The number of carboxylic acid groups (broad SMARTS) is 1. The summed E-state index contributed by atoms with van der Waals surface area (Å²) in [4.78, 5) is 28.3. The van der Waals surface area contributed by atoms with Crippen LogP contribution in [0.2, 0.25) is 0 Å². The normalized spacial score (nSPS) is 28.0. The number of aliphatic hydroxyl groups is 2. The van der Waals surface area contributed by atoms with Crippen LogP contribution in [0.4, 0.5) is 0 Å². The van der Waals surface area contributed by atoms with Gasteiger partial charge >= 0.3 is 13.8 Å². The highest BCUT2D eigenvalue weighted by Gasteiger charge is 2.44. The Balaban J connectivity index is 2.21. The number of carboxylic acids is 1.